The molecule has 2 aliphatic carbocycles. The number of rotatable bonds is 4. The summed E-state index contributed by atoms with van der Waals surface area (Å²) in [7, 11) is 3.36. The van der Waals surface area contributed by atoms with E-state index in [0.29, 0.717) is 37.3 Å². The van der Waals surface area contributed by atoms with Crippen LogP contribution >= 0.6 is 11.6 Å². The molecule has 2 saturated heterocycles. The van der Waals surface area contributed by atoms with Gasteiger partial charge in [0.1, 0.15) is 21.2 Å². The number of amides is 2. The van der Waals surface area contributed by atoms with Crippen LogP contribution in [0.1, 0.15) is 64.4 Å². The van der Waals surface area contributed by atoms with Crippen molar-refractivity contribution in [1.82, 2.24) is 19.4 Å². The van der Waals surface area contributed by atoms with Crippen molar-refractivity contribution in [3.63, 3.8) is 0 Å². The first kappa shape index (κ1) is 38.8. The standard InChI is InChI=1S/C42H53ClN6O7S/c1-24-21-57(52,46-40(51)31-19-48(3)44-41(31)54-5)45-39(50)26-9-13-35-33(16-26)49(22-42(23-56-35)14-6-7-25-15-28(43)10-12-32(25)42)17-27-8-11-29(27)38(53-4)30-18-47(2)34-20-55-37(24)36(30)34/h9-10,12-13,15-16,19,24,27,29-30,34,36-38H,6-8,11,14,17-18,20-23H2,1-5H3,(H,45,46,50,51,52)/t24-,27+,29-,30-,34+,36+,37-,38-,42+,57?/m1/s1. The number of likely N-dealkylation sites (N-methyl/N-ethyl adjacent to an activating group) is 1. The lowest BCUT2D eigenvalue weighted by Crippen LogP contribution is -2.52. The van der Waals surface area contributed by atoms with Crippen LogP contribution in [-0.4, -0.2) is 109 Å². The van der Waals surface area contributed by atoms with E-state index in [9.17, 15) is 9.59 Å². The molecule has 9 rings (SSSR count). The Morgan fingerprint density at radius 3 is 2.72 bits per heavy atom. The van der Waals surface area contributed by atoms with Crippen LogP contribution < -0.4 is 19.1 Å². The molecule has 15 heteroatoms. The van der Waals surface area contributed by atoms with E-state index in [4.69, 9.17) is 30.5 Å². The molecule has 1 aromatic heterocycles. The fraction of sp³-hybridized carbons (Fsp3) is 0.595. The molecule has 0 radical (unpaired) electrons. The van der Waals surface area contributed by atoms with E-state index in [1.807, 2.05) is 32.2 Å². The highest BCUT2D eigenvalue weighted by molar-refractivity contribution is 7.92. The number of fused-ring (bicyclic) bond motifs is 4. The van der Waals surface area contributed by atoms with Crippen molar-refractivity contribution >= 4 is 39.0 Å². The van der Waals surface area contributed by atoms with Gasteiger partial charge in [0.2, 0.25) is 5.88 Å². The number of anilines is 1. The molecular formula is C42H53ClN6O7S. The Hall–Kier alpha value is -3.69. The fourth-order valence-electron chi connectivity index (χ4n) is 11.2. The number of methoxy groups -OCH3 is 2. The van der Waals surface area contributed by atoms with Gasteiger partial charge in [0.15, 0.2) is 0 Å². The van der Waals surface area contributed by atoms with Crippen molar-refractivity contribution in [2.45, 2.75) is 62.7 Å². The molecule has 3 aromatic rings. The molecule has 1 saturated carbocycles. The second-order valence-corrected chi connectivity index (χ2v) is 19.8. The first-order chi connectivity index (χ1) is 27.4. The molecule has 6 aliphatic rings. The number of nitrogens with zero attached hydrogens (tertiary/aromatic N) is 5. The van der Waals surface area contributed by atoms with Crippen molar-refractivity contribution < 1.29 is 32.7 Å². The van der Waals surface area contributed by atoms with E-state index in [-0.39, 0.29) is 64.2 Å². The highest BCUT2D eigenvalue weighted by Crippen LogP contribution is 2.51. The Morgan fingerprint density at radius 1 is 1.11 bits per heavy atom. The second kappa shape index (κ2) is 14.8. The summed E-state index contributed by atoms with van der Waals surface area (Å²) in [6, 6.07) is 11.8. The van der Waals surface area contributed by atoms with E-state index >= 15 is 4.21 Å². The van der Waals surface area contributed by atoms with Crippen molar-refractivity contribution in [3.05, 3.63) is 69.9 Å². The third kappa shape index (κ3) is 6.82. The lowest BCUT2D eigenvalue weighted by Gasteiger charge is -2.48. The number of benzene rings is 2. The molecule has 4 aliphatic heterocycles. The average molecular weight is 821 g/mol. The zero-order valence-corrected chi connectivity index (χ0v) is 34.9. The van der Waals surface area contributed by atoms with Gasteiger partial charge < -0.3 is 28.7 Å². The molecule has 5 heterocycles. The van der Waals surface area contributed by atoms with Crippen LogP contribution in [0.2, 0.25) is 5.02 Å². The summed E-state index contributed by atoms with van der Waals surface area (Å²) in [5.74, 6) is -0.0252. The number of hydrogen-bond donors (Lipinski definition) is 1. The Balaban J connectivity index is 1.16. The number of aromatic nitrogens is 2. The molecule has 3 fully saturated rings. The molecule has 13 nitrogen and oxygen atoms in total. The molecular weight excluding hydrogens is 768 g/mol. The zero-order chi connectivity index (χ0) is 39.8. The van der Waals surface area contributed by atoms with Gasteiger partial charge in [-0.1, -0.05) is 24.6 Å². The predicted octanol–water partition coefficient (Wildman–Crippen LogP) is 5.14. The van der Waals surface area contributed by atoms with Crippen LogP contribution in [0.5, 0.6) is 11.6 Å². The van der Waals surface area contributed by atoms with Crippen LogP contribution in [0, 0.1) is 29.6 Å². The largest absolute Gasteiger partial charge is 0.490 e. The van der Waals surface area contributed by atoms with Gasteiger partial charge in [-0.25, -0.2) is 4.21 Å². The third-order valence-corrected chi connectivity index (χ3v) is 16.1. The molecule has 10 atom stereocenters. The van der Waals surface area contributed by atoms with Gasteiger partial charge >= 0.3 is 0 Å². The first-order valence-electron chi connectivity index (χ1n) is 20.2. The topological polar surface area (TPSA) is 137 Å². The molecule has 2 amide bonds. The lowest BCUT2D eigenvalue weighted by atomic mass is 9.64. The van der Waals surface area contributed by atoms with E-state index in [1.54, 1.807) is 13.1 Å². The monoisotopic (exact) mass is 820 g/mol. The van der Waals surface area contributed by atoms with Gasteiger partial charge in [0.25, 0.3) is 11.8 Å². The quantitative estimate of drug-likeness (QED) is 0.377. The summed E-state index contributed by atoms with van der Waals surface area (Å²) in [4.78, 5) is 33.0. The highest BCUT2D eigenvalue weighted by Gasteiger charge is 2.56. The fourth-order valence-corrected chi connectivity index (χ4v) is 13.3. The van der Waals surface area contributed by atoms with E-state index in [0.717, 1.165) is 55.9 Å². The number of likely N-dealkylation sites (tertiary alicyclic amines) is 1. The van der Waals surface area contributed by atoms with Crippen molar-refractivity contribution in [1.29, 1.82) is 0 Å². The predicted molar refractivity (Wildman–Crippen MR) is 217 cm³/mol. The molecule has 2 bridgehead atoms. The minimum absolute atomic E-state index is 0.000540. The summed E-state index contributed by atoms with van der Waals surface area (Å²) in [5, 5.41) is 4.94. The number of carbonyl (C=O) groups excluding carboxylic acids is 2. The van der Waals surface area contributed by atoms with Crippen molar-refractivity contribution in [2.24, 2.45) is 41.0 Å². The number of nitrogens with one attached hydrogen (secondary N) is 1. The van der Waals surface area contributed by atoms with Crippen molar-refractivity contribution in [2.75, 3.05) is 64.8 Å². The number of aryl methyl sites for hydroxylation is 2. The average Bonchev–Trinajstić information content (AvgIpc) is 3.85. The van der Waals surface area contributed by atoms with Gasteiger partial charge in [-0.2, -0.15) is 0 Å². The van der Waals surface area contributed by atoms with Crippen LogP contribution in [0.25, 0.3) is 0 Å². The molecule has 57 heavy (non-hydrogen) atoms. The molecule has 1 unspecified atom stereocenters. The number of carbonyl (C=O) groups is 2. The lowest BCUT2D eigenvalue weighted by molar-refractivity contribution is -0.0725. The van der Waals surface area contributed by atoms with Gasteiger partial charge in [-0.15, -0.1) is 9.46 Å². The minimum Gasteiger partial charge on any atom is -0.490 e. The van der Waals surface area contributed by atoms with Crippen LogP contribution in [0.3, 0.4) is 0 Å². The summed E-state index contributed by atoms with van der Waals surface area (Å²) in [6.45, 7) is 5.37. The van der Waals surface area contributed by atoms with Crippen LogP contribution in [0.15, 0.2) is 47.0 Å². The van der Waals surface area contributed by atoms with Crippen LogP contribution in [0.4, 0.5) is 5.69 Å². The zero-order valence-electron chi connectivity index (χ0n) is 33.3. The van der Waals surface area contributed by atoms with Gasteiger partial charge in [0.05, 0.1) is 44.0 Å². The smallest absolute Gasteiger partial charge is 0.286 e. The molecule has 306 valence electrons. The summed E-state index contributed by atoms with van der Waals surface area (Å²) in [6.07, 6.45) is 6.32. The first-order valence-corrected chi connectivity index (χ1v) is 22.3. The number of ether oxygens (including phenoxy) is 4. The number of hydrogen-bond acceptors (Lipinski definition) is 10. The van der Waals surface area contributed by atoms with Crippen LogP contribution in [-0.2, 0) is 38.3 Å². The van der Waals surface area contributed by atoms with E-state index in [1.165, 1.54) is 29.1 Å². The van der Waals surface area contributed by atoms with Crippen molar-refractivity contribution in [3.8, 4) is 11.6 Å². The van der Waals surface area contributed by atoms with Gasteiger partial charge in [-0.3, -0.25) is 19.0 Å². The molecule has 1 N–H and O–H groups in total. The number of halogens is 1. The molecule has 1 spiro atoms. The maximum absolute atomic E-state index is 15.2. The Kier molecular flexibility index (Phi) is 10.1. The third-order valence-electron chi connectivity index (χ3n) is 13.9. The summed E-state index contributed by atoms with van der Waals surface area (Å²) >= 11 is 6.52. The Morgan fingerprint density at radius 2 is 1.95 bits per heavy atom. The summed E-state index contributed by atoms with van der Waals surface area (Å²) < 4.78 is 48.9. The second-order valence-electron chi connectivity index (χ2n) is 17.4. The Bertz CT molecular complexity index is 2210. The highest BCUT2D eigenvalue weighted by atomic mass is 35.5. The van der Waals surface area contributed by atoms with Gasteiger partial charge in [0, 0.05) is 73.9 Å². The van der Waals surface area contributed by atoms with E-state index in [2.05, 4.69) is 43.2 Å². The van der Waals surface area contributed by atoms with E-state index < -0.39 is 21.7 Å². The maximum Gasteiger partial charge on any atom is 0.286 e. The maximum atomic E-state index is 15.2. The normalized spacial score (nSPS) is 34.9. The SMILES string of the molecule is COc1nn(C)cc1C(=O)NS1(=O)=NC(=O)c2ccc3c(c2)N(C[C@@H]2CC[C@H]2[C@@H](OC)[C@@H]2CN(C)[C@H]4CO[C@@H]([C@@H]24)[C@H](C)C1)C[C@@]1(CCCc2cc(Cl)ccc21)CO3. The van der Waals surface area contributed by atoms with Gasteiger partial charge in [-0.05, 0) is 98.4 Å². The molecule has 2 aromatic carbocycles. The minimum atomic E-state index is -3.72. The summed E-state index contributed by atoms with van der Waals surface area (Å²) in [5.41, 5.74) is 3.42. The Labute approximate surface area is 340 Å².